The Balaban J connectivity index is 1.36. The Kier molecular flexibility index (Phi) is 8.54. The second-order valence-electron chi connectivity index (χ2n) is 12.5. The van der Waals surface area contributed by atoms with Gasteiger partial charge in [-0.15, -0.1) is 0 Å². The Hall–Kier alpha value is -4.39. The Labute approximate surface area is 268 Å². The molecule has 1 aliphatic heterocycles. The summed E-state index contributed by atoms with van der Waals surface area (Å²) >= 11 is 0. The molecule has 2 fully saturated rings. The van der Waals surface area contributed by atoms with Crippen molar-refractivity contribution in [3.8, 4) is 28.5 Å². The number of halogens is 4. The van der Waals surface area contributed by atoms with E-state index in [2.05, 4.69) is 15.6 Å². The number of pyridine rings is 1. The van der Waals surface area contributed by atoms with Crippen LogP contribution in [0.25, 0.3) is 11.3 Å². The first-order chi connectivity index (χ1) is 22.3. The monoisotopic (exact) mass is 657 g/mol. The van der Waals surface area contributed by atoms with Gasteiger partial charge in [-0.25, -0.2) is 9.37 Å². The Morgan fingerprint density at radius 3 is 2.38 bits per heavy atom. The van der Waals surface area contributed by atoms with E-state index < -0.39 is 47.1 Å². The molecular formula is C34H35F4N3O6. The lowest BCUT2D eigenvalue weighted by Crippen LogP contribution is -2.52. The molecule has 0 radical (unpaired) electrons. The quantitative estimate of drug-likeness (QED) is 0.253. The summed E-state index contributed by atoms with van der Waals surface area (Å²) in [5.41, 5.74) is -5.83. The number of nitrogens with zero attached hydrogens (tertiary/aromatic N) is 1. The van der Waals surface area contributed by atoms with Gasteiger partial charge in [-0.1, -0.05) is 12.8 Å². The van der Waals surface area contributed by atoms with Gasteiger partial charge >= 0.3 is 6.18 Å². The Bertz CT molecular complexity index is 1670. The summed E-state index contributed by atoms with van der Waals surface area (Å²) in [6.45, 7) is 0.0574. The number of ether oxygens (including phenoxy) is 3. The average molecular weight is 658 g/mol. The fraction of sp³-hybridized carbons (Fsp3) is 0.441. The summed E-state index contributed by atoms with van der Waals surface area (Å²) < 4.78 is 75.4. The number of carbonyl (C=O) groups is 2. The molecule has 2 atom stereocenters. The van der Waals surface area contributed by atoms with E-state index in [1.807, 2.05) is 0 Å². The maximum atomic E-state index is 14.9. The normalized spacial score (nSPS) is 20.6. The number of benzene rings is 2. The van der Waals surface area contributed by atoms with Crippen LogP contribution in [0.2, 0.25) is 0 Å². The standard InChI is InChI=1S/C34H35F4N3O6/c1-32(31(43)40-22-5-3-4-6-22)18-46-29-24(32)16-27(41-28(29)19-7-10-21(35)11-8-19)33(44,34(36,37)38)17-39-30(42)20-9-14-25(26(15-20)45-2)47-23-12-13-23/h7-11,14-16,22-23,44H,3-6,12-13,17-18H2,1-2H3,(H,39,42)(H,40,43)/t32-,33?/m0/s1. The summed E-state index contributed by atoms with van der Waals surface area (Å²) in [7, 11) is 1.38. The van der Waals surface area contributed by atoms with Crippen molar-refractivity contribution in [2.75, 3.05) is 20.3 Å². The molecule has 13 heteroatoms. The lowest BCUT2D eigenvalue weighted by molar-refractivity contribution is -0.265. The maximum Gasteiger partial charge on any atom is 0.424 e. The van der Waals surface area contributed by atoms with Crippen molar-refractivity contribution in [3.63, 3.8) is 0 Å². The number of aliphatic hydroxyl groups is 1. The molecule has 6 rings (SSSR count). The van der Waals surface area contributed by atoms with Gasteiger partial charge in [0.2, 0.25) is 11.5 Å². The molecule has 0 spiro atoms. The number of nitrogens with one attached hydrogen (secondary N) is 2. The molecule has 2 aliphatic carbocycles. The number of amides is 2. The highest BCUT2D eigenvalue weighted by Crippen LogP contribution is 2.48. The van der Waals surface area contributed by atoms with Crippen molar-refractivity contribution >= 4 is 11.8 Å². The topological polar surface area (TPSA) is 119 Å². The van der Waals surface area contributed by atoms with Gasteiger partial charge in [-0.3, -0.25) is 9.59 Å². The van der Waals surface area contributed by atoms with Crippen LogP contribution in [0.5, 0.6) is 17.2 Å². The zero-order valence-corrected chi connectivity index (χ0v) is 25.9. The lowest BCUT2D eigenvalue weighted by atomic mass is 9.81. The van der Waals surface area contributed by atoms with Gasteiger partial charge in [0.1, 0.15) is 29.3 Å². The van der Waals surface area contributed by atoms with E-state index in [4.69, 9.17) is 14.2 Å². The van der Waals surface area contributed by atoms with Crippen molar-refractivity contribution in [1.29, 1.82) is 0 Å². The molecular weight excluding hydrogens is 622 g/mol. The number of alkyl halides is 3. The Morgan fingerprint density at radius 2 is 1.74 bits per heavy atom. The predicted octanol–water partition coefficient (Wildman–Crippen LogP) is 5.33. The van der Waals surface area contributed by atoms with E-state index in [-0.39, 0.29) is 52.6 Å². The third kappa shape index (κ3) is 6.32. The number of carbonyl (C=O) groups excluding carboxylic acids is 2. The zero-order valence-electron chi connectivity index (χ0n) is 25.9. The van der Waals surface area contributed by atoms with Gasteiger partial charge in [-0.05, 0) is 81.1 Å². The van der Waals surface area contributed by atoms with Gasteiger partial charge in [0.05, 0.1) is 25.5 Å². The van der Waals surface area contributed by atoms with Crippen molar-refractivity contribution in [2.24, 2.45) is 0 Å². The van der Waals surface area contributed by atoms with Crippen molar-refractivity contribution in [3.05, 3.63) is 71.2 Å². The van der Waals surface area contributed by atoms with Crippen LogP contribution in [0.3, 0.4) is 0 Å². The molecule has 2 heterocycles. The lowest BCUT2D eigenvalue weighted by Gasteiger charge is -2.32. The van der Waals surface area contributed by atoms with Crippen LogP contribution >= 0.6 is 0 Å². The first kappa shape index (κ1) is 32.5. The van der Waals surface area contributed by atoms with Gasteiger partial charge < -0.3 is 30.0 Å². The van der Waals surface area contributed by atoms with Crippen LogP contribution in [0, 0.1) is 5.82 Å². The number of hydrogen-bond acceptors (Lipinski definition) is 7. The van der Waals surface area contributed by atoms with Crippen LogP contribution < -0.4 is 24.8 Å². The fourth-order valence-corrected chi connectivity index (χ4v) is 5.92. The molecule has 1 aromatic heterocycles. The average Bonchev–Trinajstić information content (AvgIpc) is 3.59. The summed E-state index contributed by atoms with van der Waals surface area (Å²) in [6, 6.07) is 10.0. The van der Waals surface area contributed by atoms with Crippen molar-refractivity contribution in [2.45, 2.75) is 74.8 Å². The van der Waals surface area contributed by atoms with Gasteiger partial charge in [0, 0.05) is 22.7 Å². The minimum atomic E-state index is -5.33. The number of fused-ring (bicyclic) bond motifs is 1. The molecule has 9 nitrogen and oxygen atoms in total. The van der Waals surface area contributed by atoms with Crippen LogP contribution in [0.4, 0.5) is 17.6 Å². The highest BCUT2D eigenvalue weighted by atomic mass is 19.4. The largest absolute Gasteiger partial charge is 0.493 e. The van der Waals surface area contributed by atoms with E-state index in [0.717, 1.165) is 56.7 Å². The van der Waals surface area contributed by atoms with Crippen LogP contribution in [-0.4, -0.2) is 60.5 Å². The zero-order chi connectivity index (χ0) is 33.6. The first-order valence-electron chi connectivity index (χ1n) is 15.5. The van der Waals surface area contributed by atoms with Crippen LogP contribution in [-0.2, 0) is 15.8 Å². The molecule has 47 heavy (non-hydrogen) atoms. The molecule has 3 aliphatic rings. The molecule has 2 saturated carbocycles. The van der Waals surface area contributed by atoms with E-state index in [1.165, 1.54) is 37.4 Å². The van der Waals surface area contributed by atoms with E-state index >= 15 is 0 Å². The highest BCUT2D eigenvalue weighted by Gasteiger charge is 2.58. The summed E-state index contributed by atoms with van der Waals surface area (Å²) in [4.78, 5) is 30.9. The second kappa shape index (κ2) is 12.3. The molecule has 3 aromatic rings. The van der Waals surface area contributed by atoms with Crippen molar-refractivity contribution < 1.29 is 46.5 Å². The number of hydrogen-bond donors (Lipinski definition) is 3. The summed E-state index contributed by atoms with van der Waals surface area (Å²) in [5, 5.41) is 16.6. The minimum Gasteiger partial charge on any atom is -0.493 e. The third-order valence-electron chi connectivity index (χ3n) is 9.02. The maximum absolute atomic E-state index is 14.9. The second-order valence-corrected chi connectivity index (χ2v) is 12.5. The van der Waals surface area contributed by atoms with Gasteiger partial charge in [0.15, 0.2) is 11.5 Å². The van der Waals surface area contributed by atoms with Gasteiger partial charge in [-0.2, -0.15) is 13.2 Å². The number of rotatable bonds is 10. The molecule has 2 amide bonds. The molecule has 0 saturated heterocycles. The van der Waals surface area contributed by atoms with Crippen molar-refractivity contribution in [1.82, 2.24) is 15.6 Å². The summed E-state index contributed by atoms with van der Waals surface area (Å²) in [6.07, 6.45) is -0.0366. The number of aromatic nitrogens is 1. The SMILES string of the molecule is COc1cc(C(=O)NCC(O)(c2cc3c(c(-c4ccc(F)cc4)n2)OC[C@]3(C)C(=O)NC2CCCC2)C(F)(F)F)ccc1OC1CC1. The Morgan fingerprint density at radius 1 is 1.04 bits per heavy atom. The smallest absolute Gasteiger partial charge is 0.424 e. The molecule has 3 N–H and O–H groups in total. The van der Waals surface area contributed by atoms with E-state index in [1.54, 1.807) is 6.92 Å². The molecule has 2 aromatic carbocycles. The van der Waals surface area contributed by atoms with Crippen LogP contribution in [0.15, 0.2) is 48.5 Å². The van der Waals surface area contributed by atoms with E-state index in [0.29, 0.717) is 5.75 Å². The highest BCUT2D eigenvalue weighted by molar-refractivity contribution is 5.95. The van der Waals surface area contributed by atoms with Crippen LogP contribution in [0.1, 0.15) is 67.1 Å². The van der Waals surface area contributed by atoms with E-state index in [9.17, 15) is 32.3 Å². The third-order valence-corrected chi connectivity index (χ3v) is 9.02. The molecule has 0 bridgehead atoms. The minimum absolute atomic E-state index is 0.0204. The fourth-order valence-electron chi connectivity index (χ4n) is 5.92. The number of methoxy groups -OCH3 is 1. The molecule has 250 valence electrons. The predicted molar refractivity (Wildman–Crippen MR) is 162 cm³/mol. The molecule has 1 unspecified atom stereocenters. The van der Waals surface area contributed by atoms with Gasteiger partial charge in [0.25, 0.3) is 5.91 Å². The summed E-state index contributed by atoms with van der Waals surface area (Å²) in [5.74, 6) is -1.24. The first-order valence-corrected chi connectivity index (χ1v) is 15.5.